The fraction of sp³-hybridized carbons (Fsp3) is 0.500. The molecule has 3 heteroatoms. The Labute approximate surface area is 101 Å². The maximum atomic E-state index is 9.09. The average molecular weight is 228 g/mol. The molecule has 2 aliphatic rings. The van der Waals surface area contributed by atoms with Crippen LogP contribution < -0.4 is 5.32 Å². The Morgan fingerprint density at radius 1 is 1.41 bits per heavy atom. The second-order valence-electron chi connectivity index (χ2n) is 5.02. The Kier molecular flexibility index (Phi) is 2.53. The van der Waals surface area contributed by atoms with Crippen LogP contribution in [0.1, 0.15) is 30.4 Å². The van der Waals surface area contributed by atoms with Gasteiger partial charge in [-0.1, -0.05) is 6.07 Å². The molecule has 3 unspecified atom stereocenters. The third-order valence-electron chi connectivity index (χ3n) is 3.74. The van der Waals surface area contributed by atoms with Crippen molar-refractivity contribution in [2.24, 2.45) is 0 Å². The SMILES string of the molecule is Cc1ccc(C#N)c(NC2CC3CCC2O3)c1. The normalized spacial score (nSPS) is 30.2. The minimum absolute atomic E-state index is 0.340. The van der Waals surface area contributed by atoms with Gasteiger partial charge in [0, 0.05) is 0 Å². The van der Waals surface area contributed by atoms with Gasteiger partial charge < -0.3 is 10.1 Å². The first-order valence-corrected chi connectivity index (χ1v) is 6.19. The predicted molar refractivity (Wildman–Crippen MR) is 65.8 cm³/mol. The molecule has 0 radical (unpaired) electrons. The highest BCUT2D eigenvalue weighted by molar-refractivity contribution is 5.59. The van der Waals surface area contributed by atoms with Crippen molar-refractivity contribution in [3.63, 3.8) is 0 Å². The largest absolute Gasteiger partial charge is 0.379 e. The van der Waals surface area contributed by atoms with Gasteiger partial charge in [-0.3, -0.25) is 0 Å². The van der Waals surface area contributed by atoms with Crippen molar-refractivity contribution in [2.45, 2.75) is 44.4 Å². The molecule has 1 N–H and O–H groups in total. The number of hydrogen-bond donors (Lipinski definition) is 1. The summed E-state index contributed by atoms with van der Waals surface area (Å²) in [7, 11) is 0. The number of ether oxygens (including phenoxy) is 1. The summed E-state index contributed by atoms with van der Waals surface area (Å²) in [6.45, 7) is 2.05. The molecular formula is C14H16N2O. The van der Waals surface area contributed by atoms with E-state index in [4.69, 9.17) is 10.00 Å². The van der Waals surface area contributed by atoms with Gasteiger partial charge >= 0.3 is 0 Å². The molecule has 2 fully saturated rings. The molecule has 2 aliphatic heterocycles. The van der Waals surface area contributed by atoms with Gasteiger partial charge in [-0.05, 0) is 43.9 Å². The number of nitrogens with one attached hydrogen (secondary N) is 1. The first kappa shape index (κ1) is 10.6. The second kappa shape index (κ2) is 4.05. The highest BCUT2D eigenvalue weighted by Crippen LogP contribution is 2.36. The van der Waals surface area contributed by atoms with E-state index in [9.17, 15) is 0 Å². The van der Waals surface area contributed by atoms with E-state index in [0.717, 1.165) is 24.1 Å². The summed E-state index contributed by atoms with van der Waals surface area (Å²) < 4.78 is 5.82. The van der Waals surface area contributed by atoms with Crippen molar-refractivity contribution in [3.8, 4) is 6.07 Å². The molecule has 2 heterocycles. The first-order chi connectivity index (χ1) is 8.26. The molecule has 3 nitrogen and oxygen atoms in total. The van der Waals surface area contributed by atoms with Crippen LogP contribution in [0.2, 0.25) is 0 Å². The van der Waals surface area contributed by atoms with Crippen LogP contribution in [0.5, 0.6) is 0 Å². The van der Waals surface area contributed by atoms with Crippen molar-refractivity contribution in [1.29, 1.82) is 5.26 Å². The first-order valence-electron chi connectivity index (χ1n) is 6.19. The van der Waals surface area contributed by atoms with Crippen LogP contribution >= 0.6 is 0 Å². The molecule has 3 rings (SSSR count). The van der Waals surface area contributed by atoms with Crippen molar-refractivity contribution in [3.05, 3.63) is 29.3 Å². The standard InChI is InChI=1S/C14H16N2O/c1-9-2-3-10(8-15)12(6-9)16-13-7-11-4-5-14(13)17-11/h2-3,6,11,13-14,16H,4-5,7H2,1H3. The van der Waals surface area contributed by atoms with Crippen LogP contribution in [0, 0.1) is 18.3 Å². The minimum atomic E-state index is 0.340. The predicted octanol–water partition coefficient (Wildman–Crippen LogP) is 2.60. The van der Waals surface area contributed by atoms with Crippen LogP contribution in [0.3, 0.4) is 0 Å². The topological polar surface area (TPSA) is 45.0 Å². The lowest BCUT2D eigenvalue weighted by atomic mass is 9.95. The molecule has 1 aromatic carbocycles. The number of aryl methyl sites for hydroxylation is 1. The highest BCUT2D eigenvalue weighted by Gasteiger charge is 2.40. The van der Waals surface area contributed by atoms with E-state index in [2.05, 4.69) is 11.4 Å². The average Bonchev–Trinajstić information content (AvgIpc) is 2.91. The van der Waals surface area contributed by atoms with E-state index in [1.54, 1.807) is 0 Å². The quantitative estimate of drug-likeness (QED) is 0.846. The Morgan fingerprint density at radius 3 is 2.94 bits per heavy atom. The highest BCUT2D eigenvalue weighted by atomic mass is 16.5. The Bertz CT molecular complexity index is 478. The molecular weight excluding hydrogens is 212 g/mol. The lowest BCUT2D eigenvalue weighted by molar-refractivity contribution is 0.102. The summed E-state index contributed by atoms with van der Waals surface area (Å²) in [5, 5.41) is 12.6. The van der Waals surface area contributed by atoms with Crippen molar-refractivity contribution < 1.29 is 4.74 Å². The monoisotopic (exact) mass is 228 g/mol. The van der Waals surface area contributed by atoms with Gasteiger partial charge in [-0.2, -0.15) is 5.26 Å². The van der Waals surface area contributed by atoms with Gasteiger partial charge in [-0.25, -0.2) is 0 Å². The molecule has 17 heavy (non-hydrogen) atoms. The van der Waals surface area contributed by atoms with E-state index in [-0.39, 0.29) is 0 Å². The van der Waals surface area contributed by atoms with Crippen LogP contribution in [-0.2, 0) is 4.74 Å². The van der Waals surface area contributed by atoms with Gasteiger partial charge in [0.15, 0.2) is 0 Å². The molecule has 0 spiro atoms. The summed E-state index contributed by atoms with van der Waals surface area (Å²) in [5.41, 5.74) is 2.85. The third kappa shape index (κ3) is 1.89. The van der Waals surface area contributed by atoms with Crippen LogP contribution in [0.15, 0.2) is 18.2 Å². The molecule has 0 aromatic heterocycles. The number of benzene rings is 1. The number of fused-ring (bicyclic) bond motifs is 2. The summed E-state index contributed by atoms with van der Waals surface area (Å²) >= 11 is 0. The number of nitriles is 1. The summed E-state index contributed by atoms with van der Waals surface area (Å²) in [6.07, 6.45) is 4.20. The Hall–Kier alpha value is -1.53. The van der Waals surface area contributed by atoms with E-state index in [0.29, 0.717) is 18.2 Å². The van der Waals surface area contributed by atoms with Crippen LogP contribution in [0.25, 0.3) is 0 Å². The minimum Gasteiger partial charge on any atom is -0.379 e. The van der Waals surface area contributed by atoms with E-state index < -0.39 is 0 Å². The molecule has 2 bridgehead atoms. The van der Waals surface area contributed by atoms with Crippen molar-refractivity contribution in [2.75, 3.05) is 5.32 Å². The fourth-order valence-corrected chi connectivity index (χ4v) is 2.86. The third-order valence-corrected chi connectivity index (χ3v) is 3.74. The summed E-state index contributed by atoms with van der Waals surface area (Å²) in [4.78, 5) is 0. The Balaban J connectivity index is 1.81. The fourth-order valence-electron chi connectivity index (χ4n) is 2.86. The maximum absolute atomic E-state index is 9.09. The van der Waals surface area contributed by atoms with Gasteiger partial charge in [0.2, 0.25) is 0 Å². The molecule has 3 atom stereocenters. The number of rotatable bonds is 2. The van der Waals surface area contributed by atoms with Gasteiger partial charge in [0.25, 0.3) is 0 Å². The smallest absolute Gasteiger partial charge is 0.101 e. The zero-order valence-electron chi connectivity index (χ0n) is 9.94. The summed E-state index contributed by atoms with van der Waals surface area (Å²) in [5.74, 6) is 0. The van der Waals surface area contributed by atoms with Gasteiger partial charge in [0.1, 0.15) is 6.07 Å². The summed E-state index contributed by atoms with van der Waals surface area (Å²) in [6, 6.07) is 8.52. The van der Waals surface area contributed by atoms with Crippen LogP contribution in [-0.4, -0.2) is 18.2 Å². The molecule has 2 saturated heterocycles. The van der Waals surface area contributed by atoms with E-state index >= 15 is 0 Å². The van der Waals surface area contributed by atoms with Crippen molar-refractivity contribution in [1.82, 2.24) is 0 Å². The molecule has 1 aromatic rings. The molecule has 0 amide bonds. The van der Waals surface area contributed by atoms with E-state index in [1.165, 1.54) is 12.0 Å². The second-order valence-corrected chi connectivity index (χ2v) is 5.02. The Morgan fingerprint density at radius 2 is 2.29 bits per heavy atom. The zero-order chi connectivity index (χ0) is 11.8. The lowest BCUT2D eigenvalue weighted by Crippen LogP contribution is -2.30. The van der Waals surface area contributed by atoms with Gasteiger partial charge in [0.05, 0.1) is 29.5 Å². The molecule has 88 valence electrons. The van der Waals surface area contributed by atoms with Crippen LogP contribution in [0.4, 0.5) is 5.69 Å². The molecule has 0 saturated carbocycles. The van der Waals surface area contributed by atoms with E-state index in [1.807, 2.05) is 25.1 Å². The zero-order valence-corrected chi connectivity index (χ0v) is 9.94. The van der Waals surface area contributed by atoms with Crippen molar-refractivity contribution >= 4 is 5.69 Å². The number of nitrogens with zero attached hydrogens (tertiary/aromatic N) is 1. The lowest BCUT2D eigenvalue weighted by Gasteiger charge is -2.22. The maximum Gasteiger partial charge on any atom is 0.101 e. The van der Waals surface area contributed by atoms with Gasteiger partial charge in [-0.15, -0.1) is 0 Å². The molecule has 0 aliphatic carbocycles. The number of anilines is 1. The number of hydrogen-bond acceptors (Lipinski definition) is 3.